The zero-order valence-corrected chi connectivity index (χ0v) is 14.4. The monoisotopic (exact) mass is 371 g/mol. The summed E-state index contributed by atoms with van der Waals surface area (Å²) in [7, 11) is 0. The first-order valence-corrected chi connectivity index (χ1v) is 8.64. The summed E-state index contributed by atoms with van der Waals surface area (Å²) in [6, 6.07) is 14.7. The third kappa shape index (κ3) is 3.14. The van der Waals surface area contributed by atoms with Crippen LogP contribution in [0.25, 0.3) is 5.57 Å². The highest BCUT2D eigenvalue weighted by atomic mass is 79.9. The van der Waals surface area contributed by atoms with Crippen LogP contribution in [0, 0.1) is 0 Å². The predicted molar refractivity (Wildman–Crippen MR) is 94.6 cm³/mol. The molecule has 0 N–H and O–H groups in total. The van der Waals surface area contributed by atoms with Crippen LogP contribution in [-0.2, 0) is 6.54 Å². The molecule has 0 aliphatic carbocycles. The Hall–Kier alpha value is -1.78. The number of rotatable bonds is 3. The average molecular weight is 372 g/mol. The summed E-state index contributed by atoms with van der Waals surface area (Å²) in [5, 5.41) is 0. The molecule has 0 fully saturated rings. The zero-order valence-electron chi connectivity index (χ0n) is 12.8. The van der Waals surface area contributed by atoms with Crippen molar-refractivity contribution in [3.05, 3.63) is 64.1 Å². The van der Waals surface area contributed by atoms with Crippen molar-refractivity contribution in [2.24, 2.45) is 0 Å². The fourth-order valence-corrected chi connectivity index (χ4v) is 3.54. The standard InChI is InChI=1S/C19H18BrNO2/c20-17-11-19-18(22-13-23-19)10-16(17)12-21-8-6-15(7-9-21)14-4-2-1-3-5-14/h1-6,10-11H,7-9,12-13H2. The minimum absolute atomic E-state index is 0.318. The minimum atomic E-state index is 0.318. The van der Waals surface area contributed by atoms with E-state index in [0.29, 0.717) is 6.79 Å². The van der Waals surface area contributed by atoms with Crippen LogP contribution < -0.4 is 9.47 Å². The van der Waals surface area contributed by atoms with Gasteiger partial charge in [-0.2, -0.15) is 0 Å². The molecule has 2 aromatic rings. The van der Waals surface area contributed by atoms with Crippen molar-refractivity contribution in [2.75, 3.05) is 19.9 Å². The molecule has 2 heterocycles. The molecule has 4 heteroatoms. The quantitative estimate of drug-likeness (QED) is 0.794. The fourth-order valence-electron chi connectivity index (χ4n) is 3.09. The highest BCUT2D eigenvalue weighted by molar-refractivity contribution is 9.10. The summed E-state index contributed by atoms with van der Waals surface area (Å²) < 4.78 is 12.0. The Morgan fingerprint density at radius 3 is 2.57 bits per heavy atom. The molecule has 0 aromatic heterocycles. The smallest absolute Gasteiger partial charge is 0.231 e. The third-order valence-corrected chi connectivity index (χ3v) is 5.11. The molecule has 2 aliphatic rings. The van der Waals surface area contributed by atoms with E-state index in [2.05, 4.69) is 63.3 Å². The highest BCUT2D eigenvalue weighted by Gasteiger charge is 2.19. The maximum Gasteiger partial charge on any atom is 0.231 e. The number of ether oxygens (including phenoxy) is 2. The van der Waals surface area contributed by atoms with E-state index in [1.54, 1.807) is 0 Å². The Morgan fingerprint density at radius 2 is 1.83 bits per heavy atom. The second kappa shape index (κ2) is 6.38. The van der Waals surface area contributed by atoms with Crippen LogP contribution in [-0.4, -0.2) is 24.8 Å². The van der Waals surface area contributed by atoms with E-state index in [4.69, 9.17) is 9.47 Å². The lowest BCUT2D eigenvalue weighted by Crippen LogP contribution is -2.28. The summed E-state index contributed by atoms with van der Waals surface area (Å²) in [5.74, 6) is 1.67. The maximum absolute atomic E-state index is 5.48. The van der Waals surface area contributed by atoms with Gasteiger partial charge in [-0.3, -0.25) is 4.90 Å². The van der Waals surface area contributed by atoms with Crippen LogP contribution in [0.1, 0.15) is 17.5 Å². The topological polar surface area (TPSA) is 21.7 Å². The number of hydrogen-bond acceptors (Lipinski definition) is 3. The molecule has 2 aromatic carbocycles. The minimum Gasteiger partial charge on any atom is -0.454 e. The van der Waals surface area contributed by atoms with Gasteiger partial charge in [-0.05, 0) is 35.3 Å². The van der Waals surface area contributed by atoms with Gasteiger partial charge in [0.15, 0.2) is 11.5 Å². The highest BCUT2D eigenvalue weighted by Crippen LogP contribution is 2.37. The molecule has 0 radical (unpaired) electrons. The second-order valence-electron chi connectivity index (χ2n) is 5.88. The van der Waals surface area contributed by atoms with E-state index in [9.17, 15) is 0 Å². The average Bonchev–Trinajstić information content (AvgIpc) is 3.04. The van der Waals surface area contributed by atoms with E-state index in [1.807, 2.05) is 6.07 Å². The third-order valence-electron chi connectivity index (χ3n) is 4.37. The first-order valence-electron chi connectivity index (χ1n) is 7.84. The van der Waals surface area contributed by atoms with Crippen LogP contribution in [0.4, 0.5) is 0 Å². The predicted octanol–water partition coefficient (Wildman–Crippen LogP) is 4.47. The molecule has 23 heavy (non-hydrogen) atoms. The van der Waals surface area contributed by atoms with E-state index < -0.39 is 0 Å². The Kier molecular flexibility index (Phi) is 4.10. The molecule has 118 valence electrons. The van der Waals surface area contributed by atoms with Crippen molar-refractivity contribution in [1.82, 2.24) is 4.90 Å². The van der Waals surface area contributed by atoms with E-state index in [0.717, 1.165) is 42.0 Å². The second-order valence-corrected chi connectivity index (χ2v) is 6.73. The van der Waals surface area contributed by atoms with Gasteiger partial charge in [0.25, 0.3) is 0 Å². The number of benzene rings is 2. The molecule has 0 amide bonds. The molecule has 4 rings (SSSR count). The van der Waals surface area contributed by atoms with Gasteiger partial charge in [0.05, 0.1) is 0 Å². The van der Waals surface area contributed by atoms with Gasteiger partial charge < -0.3 is 9.47 Å². The van der Waals surface area contributed by atoms with Gasteiger partial charge >= 0.3 is 0 Å². The van der Waals surface area contributed by atoms with Crippen LogP contribution in [0.15, 0.2) is 53.0 Å². The fraction of sp³-hybridized carbons (Fsp3) is 0.263. The Morgan fingerprint density at radius 1 is 1.04 bits per heavy atom. The van der Waals surface area contributed by atoms with Gasteiger partial charge in [-0.15, -0.1) is 0 Å². The number of hydrogen-bond donors (Lipinski definition) is 0. The first kappa shape index (κ1) is 14.8. The molecule has 3 nitrogen and oxygen atoms in total. The van der Waals surface area contributed by atoms with Crippen molar-refractivity contribution in [2.45, 2.75) is 13.0 Å². The molecular weight excluding hydrogens is 354 g/mol. The van der Waals surface area contributed by atoms with E-state index in [-0.39, 0.29) is 0 Å². The van der Waals surface area contributed by atoms with Gasteiger partial charge in [0, 0.05) is 24.1 Å². The lowest BCUT2D eigenvalue weighted by Gasteiger charge is -2.27. The van der Waals surface area contributed by atoms with Crippen molar-refractivity contribution in [1.29, 1.82) is 0 Å². The Labute approximate surface area is 144 Å². The van der Waals surface area contributed by atoms with Crippen molar-refractivity contribution < 1.29 is 9.47 Å². The number of halogens is 1. The van der Waals surface area contributed by atoms with E-state index >= 15 is 0 Å². The lowest BCUT2D eigenvalue weighted by molar-refractivity contribution is 0.174. The Bertz CT molecular complexity index is 743. The summed E-state index contributed by atoms with van der Waals surface area (Å²) >= 11 is 3.65. The van der Waals surface area contributed by atoms with Crippen LogP contribution in [0.5, 0.6) is 11.5 Å². The lowest BCUT2D eigenvalue weighted by atomic mass is 9.99. The number of nitrogens with zero attached hydrogens (tertiary/aromatic N) is 1. The van der Waals surface area contributed by atoms with Crippen LogP contribution in [0.2, 0.25) is 0 Å². The van der Waals surface area contributed by atoms with Crippen LogP contribution in [0.3, 0.4) is 0 Å². The molecule has 0 saturated heterocycles. The van der Waals surface area contributed by atoms with Crippen LogP contribution >= 0.6 is 15.9 Å². The summed E-state index contributed by atoms with van der Waals surface area (Å²) in [4.78, 5) is 2.45. The molecule has 0 bridgehead atoms. The van der Waals surface area contributed by atoms with Gasteiger partial charge in [0.1, 0.15) is 0 Å². The molecular formula is C19H18BrNO2. The first-order chi connectivity index (χ1) is 11.3. The molecule has 0 saturated carbocycles. The summed E-state index contributed by atoms with van der Waals surface area (Å²) in [5.41, 5.74) is 4.04. The van der Waals surface area contributed by atoms with Gasteiger partial charge in [-0.25, -0.2) is 0 Å². The van der Waals surface area contributed by atoms with E-state index in [1.165, 1.54) is 16.7 Å². The molecule has 0 unspecified atom stereocenters. The molecule has 0 spiro atoms. The SMILES string of the molecule is Brc1cc2c(cc1CN1CC=C(c3ccccc3)CC1)OCO2. The van der Waals surface area contributed by atoms with Crippen molar-refractivity contribution in [3.63, 3.8) is 0 Å². The normalized spacial score (nSPS) is 17.2. The number of fused-ring (bicyclic) bond motifs is 1. The largest absolute Gasteiger partial charge is 0.454 e. The summed E-state index contributed by atoms with van der Waals surface area (Å²) in [6.07, 6.45) is 3.44. The molecule has 0 atom stereocenters. The van der Waals surface area contributed by atoms with Gasteiger partial charge in [0.2, 0.25) is 6.79 Å². The Balaban J connectivity index is 1.46. The maximum atomic E-state index is 5.48. The van der Waals surface area contributed by atoms with Gasteiger partial charge in [-0.1, -0.05) is 52.3 Å². The van der Waals surface area contributed by atoms with Crippen molar-refractivity contribution >= 4 is 21.5 Å². The zero-order chi connectivity index (χ0) is 15.6. The van der Waals surface area contributed by atoms with Crippen molar-refractivity contribution in [3.8, 4) is 11.5 Å². The summed E-state index contributed by atoms with van der Waals surface area (Å²) in [6.45, 7) is 3.28. The molecule has 2 aliphatic heterocycles.